The minimum absolute atomic E-state index is 0.0656. The Morgan fingerprint density at radius 2 is 2.11 bits per heavy atom. The van der Waals surface area contributed by atoms with Gasteiger partial charge in [0.2, 0.25) is 5.95 Å². The number of hydrogen-bond acceptors (Lipinski definition) is 5. The second kappa shape index (κ2) is 5.84. The van der Waals surface area contributed by atoms with E-state index in [1.165, 1.54) is 12.0 Å². The first-order valence-corrected chi connectivity index (χ1v) is 6.99. The molecule has 106 valence electrons. The fourth-order valence-corrected chi connectivity index (χ4v) is 2.55. The van der Waals surface area contributed by atoms with E-state index in [-0.39, 0.29) is 5.54 Å². The molecule has 0 bridgehead atoms. The molecule has 1 aromatic rings. The van der Waals surface area contributed by atoms with Gasteiger partial charge in [-0.1, -0.05) is 0 Å². The molecular formula is C14H25N5. The van der Waals surface area contributed by atoms with Crippen molar-refractivity contribution in [1.29, 1.82) is 0 Å². The van der Waals surface area contributed by atoms with E-state index in [0.29, 0.717) is 18.4 Å². The molecule has 1 saturated heterocycles. The van der Waals surface area contributed by atoms with Crippen molar-refractivity contribution in [3.63, 3.8) is 0 Å². The average Bonchev–Trinajstić information content (AvgIpc) is 2.76. The summed E-state index contributed by atoms with van der Waals surface area (Å²) in [6, 6.07) is 0. The highest BCUT2D eigenvalue weighted by Gasteiger charge is 2.22. The molecule has 2 rings (SSSR count). The Labute approximate surface area is 115 Å². The summed E-state index contributed by atoms with van der Waals surface area (Å²) in [5, 5.41) is 3.33. The molecule has 1 aliphatic rings. The molecule has 19 heavy (non-hydrogen) atoms. The highest BCUT2D eigenvalue weighted by molar-refractivity contribution is 5.29. The zero-order valence-corrected chi connectivity index (χ0v) is 12.2. The molecule has 0 spiro atoms. The van der Waals surface area contributed by atoms with Crippen LogP contribution in [0.4, 0.5) is 5.95 Å². The van der Waals surface area contributed by atoms with Crippen LogP contribution in [0.15, 0.2) is 12.4 Å². The summed E-state index contributed by atoms with van der Waals surface area (Å²) < 4.78 is 0. The topological polar surface area (TPSA) is 67.1 Å². The first kappa shape index (κ1) is 14.2. The predicted molar refractivity (Wildman–Crippen MR) is 78.3 cm³/mol. The molecule has 0 aromatic carbocycles. The summed E-state index contributed by atoms with van der Waals surface area (Å²) in [7, 11) is 2.16. The lowest BCUT2D eigenvalue weighted by molar-refractivity contribution is 0.411. The van der Waals surface area contributed by atoms with Crippen molar-refractivity contribution in [2.45, 2.75) is 38.1 Å². The zero-order valence-electron chi connectivity index (χ0n) is 12.2. The summed E-state index contributed by atoms with van der Waals surface area (Å²) >= 11 is 0. The Morgan fingerprint density at radius 3 is 2.63 bits per heavy atom. The fourth-order valence-electron chi connectivity index (χ4n) is 2.55. The molecule has 0 radical (unpaired) electrons. The molecule has 0 saturated carbocycles. The standard InChI is InChI=1S/C14H25N5/c1-14(2,5-6-15)18-13-16-8-12(9-17-13)11-4-7-19(3)10-11/h8-9,11H,4-7,10,15H2,1-3H3,(H,16,17,18). The molecular weight excluding hydrogens is 238 g/mol. The second-order valence-electron chi connectivity index (χ2n) is 6.14. The molecule has 5 nitrogen and oxygen atoms in total. The van der Waals surface area contributed by atoms with Gasteiger partial charge in [-0.05, 0) is 52.4 Å². The normalized spacial score (nSPS) is 20.7. The molecule has 1 fully saturated rings. The zero-order chi connectivity index (χ0) is 13.9. The largest absolute Gasteiger partial charge is 0.349 e. The van der Waals surface area contributed by atoms with E-state index in [9.17, 15) is 0 Å². The van der Waals surface area contributed by atoms with E-state index in [2.05, 4.69) is 41.1 Å². The van der Waals surface area contributed by atoms with Gasteiger partial charge in [0, 0.05) is 30.4 Å². The van der Waals surface area contributed by atoms with Crippen LogP contribution in [0.1, 0.15) is 38.2 Å². The minimum Gasteiger partial charge on any atom is -0.349 e. The van der Waals surface area contributed by atoms with E-state index in [1.807, 2.05) is 12.4 Å². The second-order valence-corrected chi connectivity index (χ2v) is 6.14. The molecule has 0 amide bonds. The number of anilines is 1. The maximum absolute atomic E-state index is 5.60. The number of nitrogens with one attached hydrogen (secondary N) is 1. The Balaban J connectivity index is 1.98. The van der Waals surface area contributed by atoms with Crippen molar-refractivity contribution in [3.8, 4) is 0 Å². The van der Waals surface area contributed by atoms with Crippen molar-refractivity contribution >= 4 is 5.95 Å². The molecule has 2 heterocycles. The summed E-state index contributed by atoms with van der Waals surface area (Å²) in [4.78, 5) is 11.2. The molecule has 1 unspecified atom stereocenters. The van der Waals surface area contributed by atoms with Gasteiger partial charge in [-0.25, -0.2) is 9.97 Å². The van der Waals surface area contributed by atoms with Gasteiger partial charge in [0.25, 0.3) is 0 Å². The van der Waals surface area contributed by atoms with Gasteiger partial charge in [-0.15, -0.1) is 0 Å². The number of rotatable bonds is 5. The first-order valence-electron chi connectivity index (χ1n) is 6.99. The lowest BCUT2D eigenvalue weighted by Crippen LogP contribution is -2.34. The van der Waals surface area contributed by atoms with Crippen LogP contribution in [-0.2, 0) is 0 Å². The molecule has 0 aliphatic carbocycles. The number of nitrogens with zero attached hydrogens (tertiary/aromatic N) is 3. The number of likely N-dealkylation sites (tertiary alicyclic amines) is 1. The number of aromatic nitrogens is 2. The van der Waals surface area contributed by atoms with Crippen LogP contribution in [0.5, 0.6) is 0 Å². The van der Waals surface area contributed by atoms with Crippen molar-refractivity contribution in [1.82, 2.24) is 14.9 Å². The third-order valence-electron chi connectivity index (χ3n) is 3.75. The van der Waals surface area contributed by atoms with Gasteiger partial charge in [0.05, 0.1) is 0 Å². The van der Waals surface area contributed by atoms with Crippen LogP contribution >= 0.6 is 0 Å². The van der Waals surface area contributed by atoms with Crippen LogP contribution in [0.25, 0.3) is 0 Å². The summed E-state index contributed by atoms with van der Waals surface area (Å²) in [6.45, 7) is 7.15. The van der Waals surface area contributed by atoms with Crippen molar-refractivity contribution in [2.24, 2.45) is 5.73 Å². The van der Waals surface area contributed by atoms with Crippen LogP contribution in [-0.4, -0.2) is 47.1 Å². The van der Waals surface area contributed by atoms with E-state index in [1.54, 1.807) is 0 Å². The lowest BCUT2D eigenvalue weighted by Gasteiger charge is -2.25. The Hall–Kier alpha value is -1.20. The summed E-state index contributed by atoms with van der Waals surface area (Å²) in [5.41, 5.74) is 6.78. The van der Waals surface area contributed by atoms with Crippen LogP contribution in [0.2, 0.25) is 0 Å². The monoisotopic (exact) mass is 263 g/mol. The van der Waals surface area contributed by atoms with E-state index < -0.39 is 0 Å². The van der Waals surface area contributed by atoms with E-state index in [4.69, 9.17) is 5.73 Å². The van der Waals surface area contributed by atoms with E-state index in [0.717, 1.165) is 19.5 Å². The summed E-state index contributed by atoms with van der Waals surface area (Å²) in [6.07, 6.45) is 6.01. The van der Waals surface area contributed by atoms with Gasteiger partial charge in [0.1, 0.15) is 0 Å². The predicted octanol–water partition coefficient (Wildman–Crippen LogP) is 1.43. The molecule has 1 atom stereocenters. The fraction of sp³-hybridized carbons (Fsp3) is 0.714. The smallest absolute Gasteiger partial charge is 0.223 e. The quantitative estimate of drug-likeness (QED) is 0.841. The minimum atomic E-state index is -0.0656. The SMILES string of the molecule is CN1CCC(c2cnc(NC(C)(C)CCN)nc2)C1. The Morgan fingerprint density at radius 1 is 1.42 bits per heavy atom. The molecule has 1 aromatic heterocycles. The maximum atomic E-state index is 5.60. The van der Waals surface area contributed by atoms with Crippen molar-refractivity contribution in [2.75, 3.05) is 32.0 Å². The third-order valence-corrected chi connectivity index (χ3v) is 3.75. The van der Waals surface area contributed by atoms with Crippen molar-refractivity contribution in [3.05, 3.63) is 18.0 Å². The van der Waals surface area contributed by atoms with Gasteiger partial charge >= 0.3 is 0 Å². The summed E-state index contributed by atoms with van der Waals surface area (Å²) in [5.74, 6) is 1.27. The number of hydrogen-bond donors (Lipinski definition) is 2. The lowest BCUT2D eigenvalue weighted by atomic mass is 10.0. The van der Waals surface area contributed by atoms with Crippen LogP contribution < -0.4 is 11.1 Å². The van der Waals surface area contributed by atoms with Gasteiger partial charge in [0.15, 0.2) is 0 Å². The van der Waals surface area contributed by atoms with Gasteiger partial charge in [-0.2, -0.15) is 0 Å². The number of likely N-dealkylation sites (N-methyl/N-ethyl adjacent to an activating group) is 1. The number of nitrogens with two attached hydrogens (primary N) is 1. The van der Waals surface area contributed by atoms with Crippen LogP contribution in [0.3, 0.4) is 0 Å². The van der Waals surface area contributed by atoms with Gasteiger partial charge in [-0.3, -0.25) is 0 Å². The van der Waals surface area contributed by atoms with Crippen LogP contribution in [0, 0.1) is 0 Å². The molecule has 3 N–H and O–H groups in total. The van der Waals surface area contributed by atoms with E-state index >= 15 is 0 Å². The highest BCUT2D eigenvalue weighted by Crippen LogP contribution is 2.25. The third kappa shape index (κ3) is 3.88. The molecule has 1 aliphatic heterocycles. The van der Waals surface area contributed by atoms with Gasteiger partial charge < -0.3 is 16.0 Å². The highest BCUT2D eigenvalue weighted by atomic mass is 15.1. The maximum Gasteiger partial charge on any atom is 0.223 e. The molecule has 5 heteroatoms. The van der Waals surface area contributed by atoms with Crippen molar-refractivity contribution < 1.29 is 0 Å². The Bertz CT molecular complexity index is 401. The average molecular weight is 263 g/mol. The Kier molecular flexibility index (Phi) is 4.37. The first-order chi connectivity index (χ1) is 9.00.